The number of hydrogen-bond donors (Lipinski definition) is 0. The molecule has 2 aliphatic rings. The van der Waals surface area contributed by atoms with Crippen LogP contribution < -0.4 is 5.56 Å². The smallest absolute Gasteiger partial charge is 0.302 e. The molecule has 0 aliphatic carbocycles. The van der Waals surface area contributed by atoms with Crippen molar-refractivity contribution in [2.75, 3.05) is 6.61 Å². The van der Waals surface area contributed by atoms with Crippen LogP contribution in [0.2, 0.25) is 0 Å². The van der Waals surface area contributed by atoms with Crippen molar-refractivity contribution in [3.63, 3.8) is 0 Å². The lowest BCUT2D eigenvalue weighted by Crippen LogP contribution is -2.32. The first-order chi connectivity index (χ1) is 26.0. The van der Waals surface area contributed by atoms with Crippen molar-refractivity contribution in [3.05, 3.63) is 160 Å². The zero-order chi connectivity index (χ0) is 36.1. The van der Waals surface area contributed by atoms with E-state index in [0.717, 1.165) is 22.3 Å². The van der Waals surface area contributed by atoms with Crippen molar-refractivity contribution in [1.82, 2.24) is 24.0 Å². The molecule has 2 aromatic heterocycles. The first-order valence-electron chi connectivity index (χ1n) is 17.5. The lowest BCUT2D eigenvalue weighted by molar-refractivity contribution is -0.165. The highest BCUT2D eigenvalue weighted by molar-refractivity contribution is 5.72. The summed E-state index contributed by atoms with van der Waals surface area (Å²) in [5.74, 6) is -0.229. The van der Waals surface area contributed by atoms with Gasteiger partial charge in [-0.05, 0) is 16.7 Å². The van der Waals surface area contributed by atoms with Crippen molar-refractivity contribution < 1.29 is 23.7 Å². The zero-order valence-electron chi connectivity index (χ0n) is 29.0. The topological polar surface area (TPSA) is 122 Å². The van der Waals surface area contributed by atoms with Crippen LogP contribution in [0.25, 0.3) is 11.2 Å². The lowest BCUT2D eigenvalue weighted by Gasteiger charge is -2.22. The summed E-state index contributed by atoms with van der Waals surface area (Å²) in [5.41, 5.74) is 4.08. The summed E-state index contributed by atoms with van der Waals surface area (Å²) in [6.07, 6.45) is -0.00456. The maximum absolute atomic E-state index is 14.3. The number of esters is 1. The van der Waals surface area contributed by atoms with E-state index in [0.29, 0.717) is 13.1 Å². The Bertz CT molecular complexity index is 2210. The van der Waals surface area contributed by atoms with Crippen molar-refractivity contribution in [2.45, 2.75) is 57.4 Å². The molecule has 2 saturated heterocycles. The first kappa shape index (κ1) is 34.2. The molecule has 4 heterocycles. The van der Waals surface area contributed by atoms with Crippen LogP contribution in [0, 0.1) is 0 Å². The molecule has 1 unspecified atom stereocenters. The molecule has 5 atom stereocenters. The number of nitrogens with zero attached hydrogens (tertiary/aromatic N) is 6. The Hall–Kier alpha value is -5.95. The van der Waals surface area contributed by atoms with Crippen LogP contribution in [0.15, 0.2) is 137 Å². The molecule has 12 heteroatoms. The maximum atomic E-state index is 14.3. The molecule has 268 valence electrons. The average Bonchev–Trinajstić information content (AvgIpc) is 3.90. The minimum atomic E-state index is -0.791. The standard InChI is InChI=1S/C41H38N6O6/c1-28(48)50-25-33-35-36(53-40(52-35)32-20-12-5-13-21-32)39(51-33)47-27-42-34-37(47)44-41(46(38(34)49)24-31-18-10-4-11-19-31)43-26-45(22-29-14-6-2-7-15-29)23-30-16-8-3-9-17-30/h2-21,26-27,33,35-36,39-40H,22-25H2,1H3/b43-26+/t33-,35-,36-,39-,40?/m1/s1. The predicted octanol–water partition coefficient (Wildman–Crippen LogP) is 5.95. The largest absolute Gasteiger partial charge is 0.463 e. The number of carbonyl (C=O) groups excluding carboxylic acids is 1. The predicted molar refractivity (Wildman–Crippen MR) is 197 cm³/mol. The maximum Gasteiger partial charge on any atom is 0.302 e. The van der Waals surface area contributed by atoms with E-state index >= 15 is 0 Å². The summed E-state index contributed by atoms with van der Waals surface area (Å²) in [5, 5.41) is 0. The number of carbonyl (C=O) groups is 1. The van der Waals surface area contributed by atoms with Crippen LogP contribution in [-0.4, -0.2) is 61.2 Å². The van der Waals surface area contributed by atoms with Crippen molar-refractivity contribution >= 4 is 29.4 Å². The van der Waals surface area contributed by atoms with Gasteiger partial charge in [0.2, 0.25) is 5.95 Å². The molecular formula is C41H38N6O6. The molecule has 0 saturated carbocycles. The van der Waals surface area contributed by atoms with Crippen LogP contribution in [0.4, 0.5) is 5.95 Å². The molecule has 12 nitrogen and oxygen atoms in total. The van der Waals surface area contributed by atoms with Gasteiger partial charge in [-0.2, -0.15) is 4.98 Å². The number of aromatic nitrogens is 4. The second-order valence-electron chi connectivity index (χ2n) is 13.0. The molecule has 6 aromatic rings. The van der Waals surface area contributed by atoms with Gasteiger partial charge in [-0.15, -0.1) is 0 Å². The molecule has 0 amide bonds. The minimum Gasteiger partial charge on any atom is -0.463 e. The number of aliphatic imine (C=N–C) groups is 1. The highest BCUT2D eigenvalue weighted by Gasteiger charge is 2.54. The Morgan fingerprint density at radius 1 is 0.811 bits per heavy atom. The van der Waals surface area contributed by atoms with Gasteiger partial charge < -0.3 is 23.8 Å². The molecule has 0 radical (unpaired) electrons. The molecule has 2 fully saturated rings. The van der Waals surface area contributed by atoms with Gasteiger partial charge in [0.1, 0.15) is 24.9 Å². The molecule has 0 spiro atoms. The Labute approximate surface area is 305 Å². The average molecular weight is 711 g/mol. The Morgan fingerprint density at radius 2 is 1.40 bits per heavy atom. The first-order valence-corrected chi connectivity index (χ1v) is 17.5. The fourth-order valence-electron chi connectivity index (χ4n) is 6.75. The molecule has 53 heavy (non-hydrogen) atoms. The van der Waals surface area contributed by atoms with E-state index in [1.165, 1.54) is 17.8 Å². The normalized spacial score (nSPS) is 20.9. The summed E-state index contributed by atoms with van der Waals surface area (Å²) < 4.78 is 27.9. The molecule has 2 aliphatic heterocycles. The zero-order valence-corrected chi connectivity index (χ0v) is 29.0. The third-order valence-corrected chi connectivity index (χ3v) is 9.28. The van der Waals surface area contributed by atoms with Gasteiger partial charge in [-0.3, -0.25) is 18.7 Å². The number of ether oxygens (including phenoxy) is 4. The van der Waals surface area contributed by atoms with Gasteiger partial charge in [0.05, 0.1) is 19.2 Å². The Balaban J connectivity index is 1.18. The lowest BCUT2D eigenvalue weighted by atomic mass is 10.1. The SMILES string of the molecule is CC(=O)OC[C@H]1O[C@@H](n2cnc3c(=O)n(Cc4ccccc4)c(/N=C/N(Cc4ccccc4)Cc4ccccc4)nc32)[C@@H]2OC(c3ccccc3)O[C@@H]21. The van der Waals surface area contributed by atoms with Crippen LogP contribution in [0.5, 0.6) is 0 Å². The van der Waals surface area contributed by atoms with Gasteiger partial charge in [-0.25, -0.2) is 9.98 Å². The van der Waals surface area contributed by atoms with E-state index in [2.05, 4.69) is 34.1 Å². The van der Waals surface area contributed by atoms with Crippen LogP contribution in [-0.2, 0) is 43.4 Å². The van der Waals surface area contributed by atoms with E-state index in [1.54, 1.807) is 10.9 Å². The number of fused-ring (bicyclic) bond motifs is 2. The number of rotatable bonds is 12. The molecular weight excluding hydrogens is 672 g/mol. The van der Waals surface area contributed by atoms with E-state index in [4.69, 9.17) is 28.9 Å². The summed E-state index contributed by atoms with van der Waals surface area (Å²) in [6.45, 7) is 2.73. The monoisotopic (exact) mass is 710 g/mol. The van der Waals surface area contributed by atoms with Gasteiger partial charge in [0, 0.05) is 25.6 Å². The quantitative estimate of drug-likeness (QED) is 0.0862. The van der Waals surface area contributed by atoms with Crippen molar-refractivity contribution in [3.8, 4) is 0 Å². The van der Waals surface area contributed by atoms with E-state index in [9.17, 15) is 9.59 Å². The second-order valence-corrected chi connectivity index (χ2v) is 13.0. The summed E-state index contributed by atoms with van der Waals surface area (Å²) in [4.78, 5) is 42.6. The van der Waals surface area contributed by atoms with E-state index in [-0.39, 0.29) is 35.8 Å². The summed E-state index contributed by atoms with van der Waals surface area (Å²) in [6, 6.07) is 39.6. The minimum absolute atomic E-state index is 0.0317. The third kappa shape index (κ3) is 7.51. The Kier molecular flexibility index (Phi) is 9.89. The van der Waals surface area contributed by atoms with E-state index in [1.807, 2.05) is 97.1 Å². The van der Waals surface area contributed by atoms with Gasteiger partial charge >= 0.3 is 5.97 Å². The fourth-order valence-corrected chi connectivity index (χ4v) is 6.75. The van der Waals surface area contributed by atoms with Gasteiger partial charge in [0.15, 0.2) is 23.7 Å². The molecule has 4 aromatic carbocycles. The second kappa shape index (κ2) is 15.3. The van der Waals surface area contributed by atoms with E-state index < -0.39 is 36.8 Å². The molecule has 0 bridgehead atoms. The van der Waals surface area contributed by atoms with Crippen LogP contribution in [0.1, 0.15) is 41.7 Å². The fraction of sp³-hybridized carbons (Fsp3) is 0.244. The Morgan fingerprint density at radius 3 is 2.02 bits per heavy atom. The van der Waals surface area contributed by atoms with Crippen molar-refractivity contribution in [2.24, 2.45) is 4.99 Å². The molecule has 8 rings (SSSR count). The third-order valence-electron chi connectivity index (χ3n) is 9.28. The highest BCUT2D eigenvalue weighted by atomic mass is 16.8. The highest BCUT2D eigenvalue weighted by Crippen LogP contribution is 2.44. The molecule has 0 N–H and O–H groups in total. The summed E-state index contributed by atoms with van der Waals surface area (Å²) >= 11 is 0. The number of benzene rings is 4. The van der Waals surface area contributed by atoms with Crippen LogP contribution >= 0.6 is 0 Å². The van der Waals surface area contributed by atoms with Gasteiger partial charge in [-0.1, -0.05) is 121 Å². The van der Waals surface area contributed by atoms with Gasteiger partial charge in [0.25, 0.3) is 5.56 Å². The number of imidazole rings is 1. The summed E-state index contributed by atoms with van der Waals surface area (Å²) in [7, 11) is 0. The van der Waals surface area contributed by atoms with Crippen molar-refractivity contribution in [1.29, 1.82) is 0 Å². The number of hydrogen-bond acceptors (Lipinski definition) is 9. The van der Waals surface area contributed by atoms with Crippen LogP contribution in [0.3, 0.4) is 0 Å².